The van der Waals surface area contributed by atoms with E-state index >= 15 is 0 Å². The molecule has 0 spiro atoms. The highest BCUT2D eigenvalue weighted by molar-refractivity contribution is 5.83. The summed E-state index contributed by atoms with van der Waals surface area (Å²) in [5, 5.41) is 0. The summed E-state index contributed by atoms with van der Waals surface area (Å²) in [6.45, 7) is 5.11. The maximum Gasteiger partial charge on any atom is 0.251 e. The Morgan fingerprint density at radius 3 is 2.48 bits per heavy atom. The molecule has 2 N–H and O–H groups in total. The first-order valence-corrected chi connectivity index (χ1v) is 8.08. The van der Waals surface area contributed by atoms with Gasteiger partial charge in [0.1, 0.15) is 6.10 Å². The van der Waals surface area contributed by atoms with Crippen LogP contribution in [0.5, 0.6) is 0 Å². The van der Waals surface area contributed by atoms with Crippen LogP contribution in [0.3, 0.4) is 0 Å². The molecule has 0 aliphatic carbocycles. The predicted octanol–water partition coefficient (Wildman–Crippen LogP) is 0.354. The standard InChI is InChI=1S/C15H27N3O3/c1-2-3-5-12(16)14(19)17-7-9-18(10-8-17)15(20)13-6-4-11-21-13/h12-13H,2-11,16H2,1H3. The fourth-order valence-corrected chi connectivity index (χ4v) is 2.91. The van der Waals surface area contributed by atoms with Crippen LogP contribution in [0.4, 0.5) is 0 Å². The molecule has 2 fully saturated rings. The minimum Gasteiger partial charge on any atom is -0.368 e. The Morgan fingerprint density at radius 1 is 1.24 bits per heavy atom. The van der Waals surface area contributed by atoms with Gasteiger partial charge in [0.2, 0.25) is 5.91 Å². The average molecular weight is 297 g/mol. The third-order valence-electron chi connectivity index (χ3n) is 4.29. The van der Waals surface area contributed by atoms with Crippen molar-refractivity contribution in [3.63, 3.8) is 0 Å². The van der Waals surface area contributed by atoms with Crippen LogP contribution in [-0.4, -0.2) is 66.5 Å². The third kappa shape index (κ3) is 4.17. The minimum absolute atomic E-state index is 0.0210. The first-order chi connectivity index (χ1) is 10.1. The number of hydrogen-bond donors (Lipinski definition) is 1. The zero-order chi connectivity index (χ0) is 15.2. The van der Waals surface area contributed by atoms with Crippen molar-refractivity contribution in [3.05, 3.63) is 0 Å². The molecule has 2 heterocycles. The molecule has 0 aromatic rings. The summed E-state index contributed by atoms with van der Waals surface area (Å²) < 4.78 is 5.43. The predicted molar refractivity (Wildman–Crippen MR) is 79.6 cm³/mol. The van der Waals surface area contributed by atoms with Gasteiger partial charge in [-0.25, -0.2) is 0 Å². The van der Waals surface area contributed by atoms with Crippen molar-refractivity contribution in [2.75, 3.05) is 32.8 Å². The molecular weight excluding hydrogens is 270 g/mol. The van der Waals surface area contributed by atoms with Gasteiger partial charge < -0.3 is 20.3 Å². The maximum atomic E-state index is 12.2. The number of nitrogens with two attached hydrogens (primary N) is 1. The van der Waals surface area contributed by atoms with Crippen LogP contribution in [0.2, 0.25) is 0 Å². The van der Waals surface area contributed by atoms with Crippen LogP contribution < -0.4 is 5.73 Å². The molecule has 0 radical (unpaired) electrons. The molecular formula is C15H27N3O3. The highest BCUT2D eigenvalue weighted by Crippen LogP contribution is 2.16. The second-order valence-corrected chi connectivity index (χ2v) is 5.90. The van der Waals surface area contributed by atoms with Crippen molar-refractivity contribution in [1.29, 1.82) is 0 Å². The van der Waals surface area contributed by atoms with Gasteiger partial charge in [-0.1, -0.05) is 19.8 Å². The largest absolute Gasteiger partial charge is 0.368 e. The van der Waals surface area contributed by atoms with Crippen LogP contribution in [0, 0.1) is 0 Å². The topological polar surface area (TPSA) is 75.9 Å². The van der Waals surface area contributed by atoms with Gasteiger partial charge in [0, 0.05) is 32.8 Å². The lowest BCUT2D eigenvalue weighted by Crippen LogP contribution is -2.55. The molecule has 2 rings (SSSR count). The van der Waals surface area contributed by atoms with Crippen LogP contribution in [0.15, 0.2) is 0 Å². The lowest BCUT2D eigenvalue weighted by atomic mass is 10.1. The Hall–Kier alpha value is -1.14. The fraction of sp³-hybridized carbons (Fsp3) is 0.867. The SMILES string of the molecule is CCCCC(N)C(=O)N1CCN(C(=O)C2CCCO2)CC1. The second kappa shape index (κ2) is 7.75. The summed E-state index contributed by atoms with van der Waals surface area (Å²) in [6, 6.07) is -0.398. The van der Waals surface area contributed by atoms with Crippen molar-refractivity contribution in [1.82, 2.24) is 9.80 Å². The normalized spacial score (nSPS) is 24.2. The van der Waals surface area contributed by atoms with Crippen molar-refractivity contribution in [2.24, 2.45) is 5.73 Å². The summed E-state index contributed by atoms with van der Waals surface area (Å²) in [5.74, 6) is 0.0996. The summed E-state index contributed by atoms with van der Waals surface area (Å²) in [7, 11) is 0. The number of piperazine rings is 1. The maximum absolute atomic E-state index is 12.2. The lowest BCUT2D eigenvalue weighted by molar-refractivity contribution is -0.146. The minimum atomic E-state index is -0.398. The quantitative estimate of drug-likeness (QED) is 0.794. The lowest BCUT2D eigenvalue weighted by Gasteiger charge is -2.36. The van der Waals surface area contributed by atoms with E-state index in [2.05, 4.69) is 6.92 Å². The van der Waals surface area contributed by atoms with Crippen molar-refractivity contribution >= 4 is 11.8 Å². The Kier molecular flexibility index (Phi) is 5.99. The monoisotopic (exact) mass is 297 g/mol. The van der Waals surface area contributed by atoms with E-state index in [9.17, 15) is 9.59 Å². The van der Waals surface area contributed by atoms with E-state index in [0.29, 0.717) is 32.8 Å². The van der Waals surface area contributed by atoms with E-state index in [4.69, 9.17) is 10.5 Å². The Bertz CT molecular complexity index is 361. The van der Waals surface area contributed by atoms with Gasteiger partial charge in [0.15, 0.2) is 0 Å². The van der Waals surface area contributed by atoms with Crippen LogP contribution >= 0.6 is 0 Å². The van der Waals surface area contributed by atoms with Crippen LogP contribution in [0.25, 0.3) is 0 Å². The number of rotatable bonds is 5. The zero-order valence-electron chi connectivity index (χ0n) is 12.9. The number of carbonyl (C=O) groups is 2. The van der Waals surface area contributed by atoms with Gasteiger partial charge in [0.25, 0.3) is 5.91 Å². The first-order valence-electron chi connectivity index (χ1n) is 8.08. The van der Waals surface area contributed by atoms with E-state index in [-0.39, 0.29) is 17.9 Å². The van der Waals surface area contributed by atoms with E-state index in [0.717, 1.165) is 32.1 Å². The van der Waals surface area contributed by atoms with Gasteiger partial charge in [-0.2, -0.15) is 0 Å². The van der Waals surface area contributed by atoms with Crippen molar-refractivity contribution in [2.45, 2.75) is 51.2 Å². The summed E-state index contributed by atoms with van der Waals surface area (Å²) in [6.07, 6.45) is 4.28. The molecule has 2 atom stereocenters. The smallest absolute Gasteiger partial charge is 0.251 e. The number of nitrogens with zero attached hydrogens (tertiary/aromatic N) is 2. The number of amides is 2. The molecule has 0 saturated carbocycles. The molecule has 0 aromatic carbocycles. The summed E-state index contributed by atoms with van der Waals surface area (Å²) in [5.41, 5.74) is 5.94. The number of hydrogen-bond acceptors (Lipinski definition) is 4. The Balaban J connectivity index is 1.77. The van der Waals surface area contributed by atoms with E-state index in [1.54, 1.807) is 4.90 Å². The van der Waals surface area contributed by atoms with Gasteiger partial charge in [0.05, 0.1) is 6.04 Å². The van der Waals surface area contributed by atoms with Crippen LogP contribution in [-0.2, 0) is 14.3 Å². The summed E-state index contributed by atoms with van der Waals surface area (Å²) in [4.78, 5) is 28.0. The number of unbranched alkanes of at least 4 members (excludes halogenated alkanes) is 1. The number of ether oxygens (including phenoxy) is 1. The molecule has 2 unspecified atom stereocenters. The van der Waals surface area contributed by atoms with Gasteiger partial charge in [-0.3, -0.25) is 9.59 Å². The molecule has 2 aliphatic rings. The fourth-order valence-electron chi connectivity index (χ4n) is 2.91. The Labute approximate surface area is 126 Å². The second-order valence-electron chi connectivity index (χ2n) is 5.90. The number of carbonyl (C=O) groups excluding carboxylic acids is 2. The van der Waals surface area contributed by atoms with E-state index in [1.165, 1.54) is 0 Å². The molecule has 2 aliphatic heterocycles. The van der Waals surface area contributed by atoms with E-state index in [1.807, 2.05) is 4.90 Å². The average Bonchev–Trinajstić information content (AvgIpc) is 3.05. The van der Waals surface area contributed by atoms with Crippen molar-refractivity contribution in [3.8, 4) is 0 Å². The van der Waals surface area contributed by atoms with E-state index < -0.39 is 6.04 Å². The molecule has 2 amide bonds. The van der Waals surface area contributed by atoms with Crippen LogP contribution in [0.1, 0.15) is 39.0 Å². The summed E-state index contributed by atoms with van der Waals surface area (Å²) >= 11 is 0. The highest BCUT2D eigenvalue weighted by atomic mass is 16.5. The van der Waals surface area contributed by atoms with Gasteiger partial charge in [-0.05, 0) is 19.3 Å². The highest BCUT2D eigenvalue weighted by Gasteiger charge is 2.32. The molecule has 2 saturated heterocycles. The van der Waals surface area contributed by atoms with Gasteiger partial charge >= 0.3 is 0 Å². The molecule has 0 bridgehead atoms. The Morgan fingerprint density at radius 2 is 1.90 bits per heavy atom. The third-order valence-corrected chi connectivity index (χ3v) is 4.29. The first kappa shape index (κ1) is 16.2. The zero-order valence-corrected chi connectivity index (χ0v) is 12.9. The molecule has 21 heavy (non-hydrogen) atoms. The molecule has 6 nitrogen and oxygen atoms in total. The molecule has 0 aromatic heterocycles. The van der Waals surface area contributed by atoms with Crippen molar-refractivity contribution < 1.29 is 14.3 Å². The molecule has 120 valence electrons. The van der Waals surface area contributed by atoms with Gasteiger partial charge in [-0.15, -0.1) is 0 Å². The molecule has 6 heteroatoms.